The third-order valence-electron chi connectivity index (χ3n) is 16.3. The third-order valence-corrected chi connectivity index (χ3v) is 17.4. The van der Waals surface area contributed by atoms with Crippen LogP contribution in [-0.4, -0.2) is 129 Å². The first-order valence-electron chi connectivity index (χ1n) is 24.0. The maximum atomic E-state index is 5.32. The maximum absolute atomic E-state index is 5.32. The molecule has 3 aromatic heterocycles. The molecule has 0 unspecified atom stereocenters. The van der Waals surface area contributed by atoms with E-state index >= 15 is 0 Å². The summed E-state index contributed by atoms with van der Waals surface area (Å²) in [4.78, 5) is 15.7. The van der Waals surface area contributed by atoms with Gasteiger partial charge in [0.1, 0.15) is 110 Å². The zero-order valence-electron chi connectivity index (χ0n) is 41.9. The second kappa shape index (κ2) is 16.3. The standard InChI is InChI=1S/C49H44B14N4S/c50-30-26-27(34(54)38(58)37(57)33(26)53)36(56)44-28(30)29-35(55)39(59)40(60)43(63)45(29)67(44)46-41(61)31(51)24(32(52)42(46)62)19-15-21(25-20-13-7-8-14-22(20)68-23(25)16-19)49-65-47(17-9-3-1-4-10-17)64-48(66-49)18-11-5-2-6-12-18/h1-16H,50-63H2. The van der Waals surface area contributed by atoms with Crippen molar-refractivity contribution in [2.24, 2.45) is 0 Å². The molecule has 19 heteroatoms. The third kappa shape index (κ3) is 6.36. The summed E-state index contributed by atoms with van der Waals surface area (Å²) in [6.45, 7) is 0. The van der Waals surface area contributed by atoms with Gasteiger partial charge >= 0.3 is 0 Å². The number of hydrogen-bond donors (Lipinski definition) is 0. The van der Waals surface area contributed by atoms with Gasteiger partial charge in [-0.1, -0.05) is 139 Å². The Balaban J connectivity index is 1.24. The molecule has 0 saturated heterocycles. The molecular formula is C49H44B14N4S. The van der Waals surface area contributed by atoms with Gasteiger partial charge in [-0.15, -0.1) is 27.7 Å². The van der Waals surface area contributed by atoms with E-state index < -0.39 is 0 Å². The number of fused-ring (bicyclic) bond motifs is 7. The predicted octanol–water partition coefficient (Wildman–Crippen LogP) is -11.2. The minimum Gasteiger partial charge on any atom is -0.312 e. The van der Waals surface area contributed by atoms with Crippen LogP contribution < -0.4 is 76.5 Å². The van der Waals surface area contributed by atoms with E-state index in [0.717, 1.165) is 16.7 Å². The lowest BCUT2D eigenvalue weighted by atomic mass is 9.60. The molecule has 8 aromatic carbocycles. The minimum absolute atomic E-state index is 0.659. The molecule has 4 nitrogen and oxygen atoms in total. The zero-order valence-corrected chi connectivity index (χ0v) is 42.8. The maximum Gasteiger partial charge on any atom is 0.164 e. The van der Waals surface area contributed by atoms with E-state index in [2.05, 4.69) is 175 Å². The van der Waals surface area contributed by atoms with Crippen LogP contribution in [0.4, 0.5) is 0 Å². The Morgan fingerprint density at radius 2 is 0.794 bits per heavy atom. The SMILES string of the molecule is Bc1c(B)c(-n2c3c(B)c(B)c(B)c(B)c3c3c(B)c4c(B)c(B)c(B)c(B)c4c(B)c32)c(B)c(B)c1-c1cc(-c2nc(-c3ccccc3)nc(-c3ccccc3)n2)c2c(c1)sc1ccccc12. The van der Waals surface area contributed by atoms with E-state index in [1.165, 1.54) is 146 Å². The normalized spacial score (nSPS) is 11.8. The fourth-order valence-electron chi connectivity index (χ4n) is 11.8. The molecule has 3 heterocycles. The van der Waals surface area contributed by atoms with Crippen LogP contribution in [0.3, 0.4) is 0 Å². The van der Waals surface area contributed by atoms with Gasteiger partial charge in [-0.3, -0.25) is 0 Å². The van der Waals surface area contributed by atoms with Crippen LogP contribution in [0, 0.1) is 0 Å². The van der Waals surface area contributed by atoms with Crippen LogP contribution in [0.15, 0.2) is 97.1 Å². The molecule has 0 radical (unpaired) electrons. The van der Waals surface area contributed by atoms with Crippen molar-refractivity contribution in [2.75, 3.05) is 0 Å². The summed E-state index contributed by atoms with van der Waals surface area (Å²) in [6.07, 6.45) is 0. The molecule has 0 aliphatic heterocycles. The first-order valence-corrected chi connectivity index (χ1v) is 24.8. The number of nitrogens with zero attached hydrogens (tertiary/aromatic N) is 4. The highest BCUT2D eigenvalue weighted by molar-refractivity contribution is 7.26. The van der Waals surface area contributed by atoms with Gasteiger partial charge in [-0.2, -0.15) is 0 Å². The van der Waals surface area contributed by atoms with Gasteiger partial charge in [0.05, 0.1) is 0 Å². The number of benzene rings is 8. The Kier molecular flexibility index (Phi) is 10.7. The lowest BCUT2D eigenvalue weighted by Crippen LogP contribution is -2.50. The molecule has 0 aliphatic carbocycles. The molecule has 0 amide bonds. The smallest absolute Gasteiger partial charge is 0.164 e. The van der Waals surface area contributed by atoms with Crippen molar-refractivity contribution >= 4 is 250 Å². The Bertz CT molecular complexity index is 3940. The van der Waals surface area contributed by atoms with E-state index in [1.54, 1.807) is 0 Å². The Hall–Kier alpha value is -6.04. The first kappa shape index (κ1) is 44.5. The topological polar surface area (TPSA) is 43.6 Å². The van der Waals surface area contributed by atoms with Gasteiger partial charge in [0.25, 0.3) is 0 Å². The van der Waals surface area contributed by atoms with Crippen molar-refractivity contribution in [2.45, 2.75) is 0 Å². The van der Waals surface area contributed by atoms with E-state index in [9.17, 15) is 0 Å². The lowest BCUT2D eigenvalue weighted by molar-refractivity contribution is 1.08. The molecule has 0 bridgehead atoms. The summed E-state index contributed by atoms with van der Waals surface area (Å²) in [5.41, 5.74) is 28.2. The lowest BCUT2D eigenvalue weighted by Gasteiger charge is -2.26. The van der Waals surface area contributed by atoms with Gasteiger partial charge in [0.2, 0.25) is 0 Å². The molecule has 0 spiro atoms. The fourth-order valence-corrected chi connectivity index (χ4v) is 13.0. The van der Waals surface area contributed by atoms with Crippen LogP contribution in [-0.2, 0) is 0 Å². The minimum atomic E-state index is 0.659. The molecule has 11 rings (SSSR count). The Labute approximate surface area is 415 Å². The van der Waals surface area contributed by atoms with Crippen molar-refractivity contribution in [3.8, 4) is 51.0 Å². The van der Waals surface area contributed by atoms with Crippen molar-refractivity contribution in [3.63, 3.8) is 0 Å². The van der Waals surface area contributed by atoms with Crippen molar-refractivity contribution < 1.29 is 0 Å². The number of rotatable bonds is 5. The average molecular weight is 872 g/mol. The molecule has 11 aromatic rings. The van der Waals surface area contributed by atoms with Gasteiger partial charge in [0.15, 0.2) is 17.5 Å². The van der Waals surface area contributed by atoms with Crippen molar-refractivity contribution in [1.29, 1.82) is 0 Å². The van der Waals surface area contributed by atoms with Gasteiger partial charge in [0, 0.05) is 59.0 Å². The Morgan fingerprint density at radius 3 is 1.37 bits per heavy atom. The van der Waals surface area contributed by atoms with Crippen LogP contribution in [0.2, 0.25) is 0 Å². The molecule has 0 N–H and O–H groups in total. The predicted molar refractivity (Wildman–Crippen MR) is 341 cm³/mol. The van der Waals surface area contributed by atoms with Crippen LogP contribution >= 0.6 is 11.3 Å². The summed E-state index contributed by atoms with van der Waals surface area (Å²) in [5.74, 6) is 1.99. The van der Waals surface area contributed by atoms with Gasteiger partial charge in [-0.05, 0) is 45.5 Å². The zero-order chi connectivity index (χ0) is 47.8. The van der Waals surface area contributed by atoms with E-state index in [1.807, 2.05) is 47.7 Å². The van der Waals surface area contributed by atoms with Crippen LogP contribution in [0.25, 0.3) is 104 Å². The second-order valence-electron chi connectivity index (χ2n) is 19.5. The Morgan fingerprint density at radius 1 is 0.338 bits per heavy atom. The van der Waals surface area contributed by atoms with E-state index in [4.69, 9.17) is 15.0 Å². The summed E-state index contributed by atoms with van der Waals surface area (Å²) >= 11 is 1.84. The second-order valence-corrected chi connectivity index (χ2v) is 20.6. The molecule has 68 heavy (non-hydrogen) atoms. The molecule has 0 saturated carbocycles. The molecular weight excluding hydrogens is 828 g/mol. The largest absolute Gasteiger partial charge is 0.312 e. The summed E-state index contributed by atoms with van der Waals surface area (Å²) < 4.78 is 5.16. The highest BCUT2D eigenvalue weighted by Crippen LogP contribution is 2.42. The molecule has 308 valence electrons. The van der Waals surface area contributed by atoms with Gasteiger partial charge < -0.3 is 4.57 Å². The first-order chi connectivity index (χ1) is 32.6. The summed E-state index contributed by atoms with van der Waals surface area (Å²) in [5, 5.41) is 7.98. The fraction of sp³-hybridized carbons (Fsp3) is 0. The number of thiophene rings is 1. The quantitative estimate of drug-likeness (QED) is 0.162. The van der Waals surface area contributed by atoms with E-state index in [0.29, 0.717) is 17.5 Å². The number of hydrogen-bond acceptors (Lipinski definition) is 4. The number of aromatic nitrogens is 4. The monoisotopic (exact) mass is 874 g/mol. The van der Waals surface area contributed by atoms with Crippen LogP contribution in [0.5, 0.6) is 0 Å². The van der Waals surface area contributed by atoms with Gasteiger partial charge in [-0.25, -0.2) is 15.0 Å². The van der Waals surface area contributed by atoms with Crippen molar-refractivity contribution in [3.05, 3.63) is 97.1 Å². The molecule has 0 fully saturated rings. The highest BCUT2D eigenvalue weighted by Gasteiger charge is 2.28. The van der Waals surface area contributed by atoms with Crippen molar-refractivity contribution in [1.82, 2.24) is 19.5 Å². The molecule has 0 aliphatic rings. The molecule has 0 atom stereocenters. The van der Waals surface area contributed by atoms with Crippen LogP contribution in [0.1, 0.15) is 0 Å². The summed E-state index contributed by atoms with van der Waals surface area (Å²) in [6, 6.07) is 34.1. The summed E-state index contributed by atoms with van der Waals surface area (Å²) in [7, 11) is 32.8. The highest BCUT2D eigenvalue weighted by atomic mass is 32.1. The van der Waals surface area contributed by atoms with E-state index in [-0.39, 0.29) is 0 Å². The average Bonchev–Trinajstić information content (AvgIpc) is 3.91.